The van der Waals surface area contributed by atoms with Crippen LogP contribution in [0.1, 0.15) is 5.56 Å². The number of anilines is 1. The van der Waals surface area contributed by atoms with Gasteiger partial charge in [-0.2, -0.15) is 0 Å². The summed E-state index contributed by atoms with van der Waals surface area (Å²) in [6, 6.07) is 13.9. The van der Waals surface area contributed by atoms with E-state index < -0.39 is 10.0 Å². The van der Waals surface area contributed by atoms with Gasteiger partial charge < -0.3 is 4.90 Å². The summed E-state index contributed by atoms with van der Waals surface area (Å²) in [5.74, 6) is -0.342. The smallest absolute Gasteiger partial charge is 0.243 e. The number of benzene rings is 2. The molecular weight excluding hydrogens is 383 g/mol. The summed E-state index contributed by atoms with van der Waals surface area (Å²) >= 11 is 11.9. The fraction of sp³-hybridized carbons (Fsp3) is 0.235. The molecule has 2 rings (SSSR count). The van der Waals surface area contributed by atoms with Crippen LogP contribution in [0.3, 0.4) is 0 Å². The quantitative estimate of drug-likeness (QED) is 0.746. The van der Waals surface area contributed by atoms with Gasteiger partial charge in [-0.1, -0.05) is 53.5 Å². The van der Waals surface area contributed by atoms with Crippen molar-refractivity contribution in [3.05, 3.63) is 64.1 Å². The van der Waals surface area contributed by atoms with Crippen LogP contribution in [0.2, 0.25) is 10.0 Å². The van der Waals surface area contributed by atoms with Crippen LogP contribution in [0.4, 0.5) is 5.69 Å². The molecule has 0 N–H and O–H groups in total. The predicted octanol–water partition coefficient (Wildman–Crippen LogP) is 3.42. The van der Waals surface area contributed by atoms with Crippen LogP contribution in [-0.2, 0) is 21.4 Å². The zero-order valence-electron chi connectivity index (χ0n) is 13.8. The van der Waals surface area contributed by atoms with Gasteiger partial charge in [0.05, 0.1) is 11.9 Å². The van der Waals surface area contributed by atoms with Crippen LogP contribution in [-0.4, -0.2) is 39.1 Å². The van der Waals surface area contributed by atoms with Gasteiger partial charge in [-0.25, -0.2) is 8.42 Å². The summed E-state index contributed by atoms with van der Waals surface area (Å²) in [7, 11) is -2.06. The summed E-state index contributed by atoms with van der Waals surface area (Å²) in [6.45, 7) is 0.0480. The third-order valence-corrected chi connectivity index (χ3v) is 5.08. The molecular formula is C17H18Cl2N2O3S. The first-order valence-electron chi connectivity index (χ1n) is 7.38. The average Bonchev–Trinajstić information content (AvgIpc) is 2.51. The number of hydrogen-bond acceptors (Lipinski definition) is 3. The second-order valence-electron chi connectivity index (χ2n) is 5.63. The first-order valence-corrected chi connectivity index (χ1v) is 9.99. The van der Waals surface area contributed by atoms with E-state index in [4.69, 9.17) is 23.2 Å². The van der Waals surface area contributed by atoms with Crippen molar-refractivity contribution in [1.82, 2.24) is 4.90 Å². The van der Waals surface area contributed by atoms with E-state index >= 15 is 0 Å². The molecule has 0 aromatic heterocycles. The second-order valence-corrected chi connectivity index (χ2v) is 8.41. The lowest BCUT2D eigenvalue weighted by atomic mass is 10.2. The van der Waals surface area contributed by atoms with E-state index in [1.54, 1.807) is 7.05 Å². The van der Waals surface area contributed by atoms with Crippen LogP contribution < -0.4 is 4.31 Å². The Morgan fingerprint density at radius 1 is 1.04 bits per heavy atom. The molecule has 1 amide bonds. The van der Waals surface area contributed by atoms with E-state index in [2.05, 4.69) is 0 Å². The molecule has 0 saturated carbocycles. The third kappa shape index (κ3) is 5.63. The summed E-state index contributed by atoms with van der Waals surface area (Å²) in [5.41, 5.74) is 1.21. The molecule has 8 heteroatoms. The Labute approximate surface area is 157 Å². The van der Waals surface area contributed by atoms with Crippen molar-refractivity contribution >= 4 is 44.8 Å². The highest BCUT2D eigenvalue weighted by atomic mass is 35.5. The molecule has 25 heavy (non-hydrogen) atoms. The van der Waals surface area contributed by atoms with Crippen LogP contribution in [0.15, 0.2) is 48.5 Å². The lowest BCUT2D eigenvalue weighted by Gasteiger charge is -2.25. The number of rotatable bonds is 6. The van der Waals surface area contributed by atoms with Crippen molar-refractivity contribution in [2.75, 3.05) is 24.2 Å². The van der Waals surface area contributed by atoms with E-state index in [-0.39, 0.29) is 18.1 Å². The lowest BCUT2D eigenvalue weighted by Crippen LogP contribution is -2.41. The van der Waals surface area contributed by atoms with Crippen molar-refractivity contribution in [1.29, 1.82) is 0 Å². The first-order chi connectivity index (χ1) is 11.7. The number of sulfonamides is 1. The normalized spacial score (nSPS) is 11.2. The molecule has 0 heterocycles. The van der Waals surface area contributed by atoms with Gasteiger partial charge in [-0.05, 0) is 23.8 Å². The van der Waals surface area contributed by atoms with Crippen LogP contribution in [0.5, 0.6) is 0 Å². The van der Waals surface area contributed by atoms with E-state index in [0.717, 1.165) is 16.1 Å². The minimum atomic E-state index is -3.68. The molecule has 0 aliphatic heterocycles. The van der Waals surface area contributed by atoms with Crippen molar-refractivity contribution in [3.63, 3.8) is 0 Å². The molecule has 134 valence electrons. The van der Waals surface area contributed by atoms with Gasteiger partial charge in [-0.3, -0.25) is 9.10 Å². The fourth-order valence-corrected chi connectivity index (χ4v) is 3.62. The van der Waals surface area contributed by atoms with Gasteiger partial charge in [0.1, 0.15) is 6.54 Å². The predicted molar refractivity (Wildman–Crippen MR) is 102 cm³/mol. The van der Waals surface area contributed by atoms with Crippen molar-refractivity contribution < 1.29 is 13.2 Å². The highest BCUT2D eigenvalue weighted by Gasteiger charge is 2.23. The standard InChI is InChI=1S/C17H18Cl2N2O3S/c1-20(11-13-6-4-3-5-7-13)17(22)12-21(25(2,23)24)16-9-14(18)8-15(19)10-16/h3-10H,11-12H2,1-2H3. The summed E-state index contributed by atoms with van der Waals surface area (Å²) in [5, 5.41) is 0.586. The zero-order valence-corrected chi connectivity index (χ0v) is 16.1. The first kappa shape index (κ1) is 19.6. The molecule has 0 saturated heterocycles. The Kier molecular flexibility index (Phi) is 6.32. The molecule has 2 aromatic carbocycles. The highest BCUT2D eigenvalue weighted by molar-refractivity contribution is 7.92. The van der Waals surface area contributed by atoms with Gasteiger partial charge in [0.15, 0.2) is 0 Å². The van der Waals surface area contributed by atoms with Gasteiger partial charge >= 0.3 is 0 Å². The number of halogens is 2. The fourth-order valence-electron chi connectivity index (χ4n) is 2.27. The maximum atomic E-state index is 12.5. The monoisotopic (exact) mass is 400 g/mol. The number of carbonyl (C=O) groups is 1. The average molecular weight is 401 g/mol. The molecule has 0 aliphatic carbocycles. The Bertz CT molecular complexity index is 837. The SMILES string of the molecule is CN(Cc1ccccc1)C(=O)CN(c1cc(Cl)cc(Cl)c1)S(C)(=O)=O. The molecule has 5 nitrogen and oxygen atoms in total. The van der Waals surface area contributed by atoms with Crippen LogP contribution >= 0.6 is 23.2 Å². The second kappa shape index (κ2) is 8.08. The van der Waals surface area contributed by atoms with Crippen LogP contribution in [0.25, 0.3) is 0 Å². The number of nitrogens with zero attached hydrogens (tertiary/aromatic N) is 2. The van der Waals surface area contributed by atoms with Gasteiger partial charge in [-0.15, -0.1) is 0 Å². The third-order valence-electron chi connectivity index (χ3n) is 3.50. The summed E-state index contributed by atoms with van der Waals surface area (Å²) < 4.78 is 25.3. The molecule has 0 atom stereocenters. The van der Waals surface area contributed by atoms with E-state index in [9.17, 15) is 13.2 Å². The Balaban J connectivity index is 2.21. The molecule has 0 radical (unpaired) electrons. The molecule has 0 fully saturated rings. The molecule has 2 aromatic rings. The molecule has 0 spiro atoms. The Morgan fingerprint density at radius 2 is 1.60 bits per heavy atom. The minimum Gasteiger partial charge on any atom is -0.340 e. The number of carbonyl (C=O) groups excluding carboxylic acids is 1. The highest BCUT2D eigenvalue weighted by Crippen LogP contribution is 2.27. The number of likely N-dealkylation sites (N-methyl/N-ethyl adjacent to an activating group) is 1. The van der Waals surface area contributed by atoms with Crippen molar-refractivity contribution in [2.24, 2.45) is 0 Å². The lowest BCUT2D eigenvalue weighted by molar-refractivity contribution is -0.128. The largest absolute Gasteiger partial charge is 0.340 e. The van der Waals surface area contributed by atoms with E-state index in [0.29, 0.717) is 16.6 Å². The maximum Gasteiger partial charge on any atom is 0.243 e. The summed E-state index contributed by atoms with van der Waals surface area (Å²) in [4.78, 5) is 14.0. The van der Waals surface area contributed by atoms with Gasteiger partial charge in [0.2, 0.25) is 15.9 Å². The Hall–Kier alpha value is -1.76. The van der Waals surface area contributed by atoms with Crippen LogP contribution in [0, 0.1) is 0 Å². The molecule has 0 unspecified atom stereocenters. The van der Waals surface area contributed by atoms with Crippen molar-refractivity contribution in [3.8, 4) is 0 Å². The molecule has 0 aliphatic rings. The minimum absolute atomic E-state index is 0.251. The van der Waals surface area contributed by atoms with Gasteiger partial charge in [0, 0.05) is 23.6 Å². The number of amides is 1. The Morgan fingerprint density at radius 3 is 2.12 bits per heavy atom. The molecule has 0 bridgehead atoms. The van der Waals surface area contributed by atoms with Gasteiger partial charge in [0.25, 0.3) is 0 Å². The maximum absolute atomic E-state index is 12.5. The summed E-state index contributed by atoms with van der Waals surface area (Å²) in [6.07, 6.45) is 1.03. The zero-order chi connectivity index (χ0) is 18.6. The topological polar surface area (TPSA) is 57.7 Å². The van der Waals surface area contributed by atoms with E-state index in [1.165, 1.54) is 23.1 Å². The van der Waals surface area contributed by atoms with E-state index in [1.807, 2.05) is 30.3 Å². The van der Waals surface area contributed by atoms with Crippen molar-refractivity contribution in [2.45, 2.75) is 6.54 Å². The number of hydrogen-bond donors (Lipinski definition) is 0.